The number of amides is 2. The second kappa shape index (κ2) is 31.7. The van der Waals surface area contributed by atoms with Gasteiger partial charge in [0.1, 0.15) is 12.4 Å². The molecule has 5 heterocycles. The Morgan fingerprint density at radius 1 is 0.711 bits per heavy atom. The van der Waals surface area contributed by atoms with Gasteiger partial charge in [-0.2, -0.15) is 15.2 Å². The number of rotatable bonds is 26. The van der Waals surface area contributed by atoms with Gasteiger partial charge in [0.05, 0.1) is 62.0 Å². The Balaban J connectivity index is 0.959. The van der Waals surface area contributed by atoms with Crippen molar-refractivity contribution in [3.8, 4) is 12.1 Å². The predicted octanol–water partition coefficient (Wildman–Crippen LogP) is 6.07. The number of fused-ring (bicyclic) bond motifs is 2. The van der Waals surface area contributed by atoms with Gasteiger partial charge in [0.15, 0.2) is 0 Å². The first-order chi connectivity index (χ1) is 40.1. The maximum atomic E-state index is 13.9. The monoisotopic (exact) mass is 1170 g/mol. The first kappa shape index (κ1) is 64.4. The zero-order valence-corrected chi connectivity index (χ0v) is 50.1. The van der Waals surface area contributed by atoms with Crippen molar-refractivity contribution in [3.05, 3.63) is 65.3 Å². The van der Waals surface area contributed by atoms with E-state index in [1.165, 1.54) is 6.08 Å². The number of carboxylic acid groups (broad SMARTS) is 3. The highest BCUT2D eigenvalue weighted by Crippen LogP contribution is 2.38. The lowest BCUT2D eigenvalue weighted by molar-refractivity contribution is -0.143. The van der Waals surface area contributed by atoms with Gasteiger partial charge in [0, 0.05) is 106 Å². The summed E-state index contributed by atoms with van der Waals surface area (Å²) in [5.74, 6) is -2.50. The molecule has 83 heavy (non-hydrogen) atoms. The summed E-state index contributed by atoms with van der Waals surface area (Å²) in [6.07, 6.45) is 10.3. The standard InChI is InChI=1S/C61H89ClN12O9/c1-6-44-33-71(39-56(77)78)46(8-3)35-73(41-58(81)82)47(9-4)34-72(40-57(79)80)45(7-2)32-70(44)38-54(75)64-26-13-11-12-14-27-67-28-17-20-49(67)42-83-61-65-52-37-68(53-22-16-19-43-18-15-21-51(62)59(43)53)29-24-50(52)60(66-61)69-30-31-74(55(76)10-5)48(36-69)23-25-63/h10,15-16,18-19,21-22,44-49H,5-9,11-14,17,20,23-24,26-42H2,1-4H3,(H,64,75)(H,77,78)(H,79,80)(H,81,82)/t44-,45-,46-,47-,48-,49-/m0/s1. The molecule has 1 aromatic heterocycles. The number of ether oxygens (including phenoxy) is 1. The van der Waals surface area contributed by atoms with E-state index in [-0.39, 0.29) is 80.7 Å². The van der Waals surface area contributed by atoms with E-state index in [9.17, 15) is 44.6 Å². The van der Waals surface area contributed by atoms with Crippen LogP contribution in [0.15, 0.2) is 49.1 Å². The van der Waals surface area contributed by atoms with Crippen molar-refractivity contribution in [3.63, 3.8) is 0 Å². The van der Waals surface area contributed by atoms with Crippen molar-refractivity contribution in [1.82, 2.24) is 44.7 Å². The summed E-state index contributed by atoms with van der Waals surface area (Å²) in [7, 11) is 0. The highest BCUT2D eigenvalue weighted by molar-refractivity contribution is 6.36. The molecule has 22 heteroatoms. The van der Waals surface area contributed by atoms with E-state index in [1.807, 2.05) is 54.5 Å². The first-order valence-corrected chi connectivity index (χ1v) is 30.6. The molecule has 7 rings (SSSR count). The number of unbranched alkanes of at least 4 members (excludes halogenated alkanes) is 3. The third-order valence-corrected chi connectivity index (χ3v) is 17.8. The van der Waals surface area contributed by atoms with E-state index in [4.69, 9.17) is 26.3 Å². The molecule has 0 bridgehead atoms. The molecule has 2 aromatic carbocycles. The molecule has 3 saturated heterocycles. The van der Waals surface area contributed by atoms with Crippen LogP contribution >= 0.6 is 11.6 Å². The van der Waals surface area contributed by atoms with E-state index in [1.54, 1.807) is 4.90 Å². The third kappa shape index (κ3) is 17.5. The Bertz CT molecular complexity index is 2710. The second-order valence-electron chi connectivity index (χ2n) is 22.8. The number of benzene rings is 2. The molecular weight excluding hydrogens is 1080 g/mol. The average molecular weight is 1170 g/mol. The summed E-state index contributed by atoms with van der Waals surface area (Å²) in [6, 6.07) is 13.6. The number of halogens is 1. The van der Waals surface area contributed by atoms with Crippen molar-refractivity contribution < 1.29 is 44.0 Å². The van der Waals surface area contributed by atoms with Crippen LogP contribution in [0.5, 0.6) is 6.01 Å². The molecule has 21 nitrogen and oxygen atoms in total. The van der Waals surface area contributed by atoms with Crippen LogP contribution in [0.2, 0.25) is 5.02 Å². The van der Waals surface area contributed by atoms with Crippen molar-refractivity contribution in [2.75, 3.05) is 115 Å². The lowest BCUT2D eigenvalue weighted by Crippen LogP contribution is -2.60. The molecule has 0 saturated carbocycles. The fourth-order valence-corrected chi connectivity index (χ4v) is 13.3. The number of aliphatic carboxylic acids is 3. The maximum Gasteiger partial charge on any atom is 0.318 e. The van der Waals surface area contributed by atoms with Gasteiger partial charge in [0.25, 0.3) is 0 Å². The number of hydrogen-bond acceptors (Lipinski definition) is 16. The van der Waals surface area contributed by atoms with Crippen molar-refractivity contribution in [2.24, 2.45) is 0 Å². The Morgan fingerprint density at radius 2 is 1.30 bits per heavy atom. The van der Waals surface area contributed by atoms with Crippen molar-refractivity contribution in [2.45, 2.75) is 148 Å². The number of carboxylic acids is 3. The predicted molar refractivity (Wildman–Crippen MR) is 321 cm³/mol. The van der Waals surface area contributed by atoms with E-state index in [2.05, 4.69) is 61.8 Å². The second-order valence-corrected chi connectivity index (χ2v) is 23.2. The Labute approximate surface area is 495 Å². The van der Waals surface area contributed by atoms with Crippen LogP contribution in [0, 0.1) is 11.3 Å². The Kier molecular flexibility index (Phi) is 24.6. The van der Waals surface area contributed by atoms with E-state index < -0.39 is 17.9 Å². The molecule has 0 radical (unpaired) electrons. The van der Waals surface area contributed by atoms with Crippen LogP contribution in [-0.4, -0.2) is 225 Å². The molecule has 0 aliphatic carbocycles. The van der Waals surface area contributed by atoms with Gasteiger partial charge in [-0.05, 0) is 94.5 Å². The highest BCUT2D eigenvalue weighted by atomic mass is 35.5. The average Bonchev–Trinajstić information content (AvgIpc) is 3.61. The fraction of sp³-hybridized carbons (Fsp3) is 0.639. The first-order valence-electron chi connectivity index (χ1n) is 30.2. The number of carbonyl (C=O) groups is 5. The van der Waals surface area contributed by atoms with E-state index in [0.29, 0.717) is 109 Å². The number of aromatic nitrogens is 2. The minimum Gasteiger partial charge on any atom is -0.480 e. The summed E-state index contributed by atoms with van der Waals surface area (Å²) >= 11 is 6.82. The zero-order chi connectivity index (χ0) is 59.6. The smallest absolute Gasteiger partial charge is 0.318 e. The van der Waals surface area contributed by atoms with Gasteiger partial charge in [-0.1, -0.05) is 83.0 Å². The van der Waals surface area contributed by atoms with E-state index >= 15 is 0 Å². The summed E-state index contributed by atoms with van der Waals surface area (Å²) in [4.78, 5) is 90.3. The Morgan fingerprint density at radius 3 is 1.88 bits per heavy atom. The Hall–Kier alpha value is -6.15. The number of nitrogens with zero attached hydrogens (tertiary/aromatic N) is 11. The molecular formula is C61H89ClN12O9. The van der Waals surface area contributed by atoms with Gasteiger partial charge in [-0.15, -0.1) is 0 Å². The molecule has 4 aliphatic rings. The van der Waals surface area contributed by atoms with Gasteiger partial charge >= 0.3 is 23.9 Å². The van der Waals surface area contributed by atoms with Crippen molar-refractivity contribution >= 4 is 63.6 Å². The normalized spacial score (nSPS) is 22.8. The molecule has 6 atom stereocenters. The molecule has 3 fully saturated rings. The van der Waals surface area contributed by atoms with Gasteiger partial charge in [-0.25, -0.2) is 0 Å². The van der Waals surface area contributed by atoms with Crippen LogP contribution in [0.4, 0.5) is 11.5 Å². The maximum absolute atomic E-state index is 13.9. The lowest BCUT2D eigenvalue weighted by atomic mass is 10.0. The van der Waals surface area contributed by atoms with Crippen LogP contribution in [0.1, 0.15) is 110 Å². The minimum atomic E-state index is -0.999. The van der Waals surface area contributed by atoms with Crippen LogP contribution in [0.3, 0.4) is 0 Å². The molecule has 2 amide bonds. The number of hydrogen-bond donors (Lipinski definition) is 4. The third-order valence-electron chi connectivity index (χ3n) is 17.5. The number of nitriles is 1. The number of anilines is 2. The van der Waals surface area contributed by atoms with Crippen LogP contribution < -0.4 is 19.9 Å². The molecule has 3 aromatic rings. The summed E-state index contributed by atoms with van der Waals surface area (Å²) < 4.78 is 6.60. The van der Waals surface area contributed by atoms with Crippen LogP contribution in [-0.2, 0) is 36.9 Å². The largest absolute Gasteiger partial charge is 0.480 e. The topological polar surface area (TPSA) is 243 Å². The van der Waals surface area contributed by atoms with Gasteiger partial charge in [-0.3, -0.25) is 48.5 Å². The number of nitrogens with one attached hydrogen (secondary N) is 1. The van der Waals surface area contributed by atoms with Crippen LogP contribution in [0.25, 0.3) is 10.8 Å². The van der Waals surface area contributed by atoms with Gasteiger partial charge in [0.2, 0.25) is 11.8 Å². The summed E-state index contributed by atoms with van der Waals surface area (Å²) in [6.45, 7) is 17.9. The molecule has 4 aliphatic heterocycles. The molecule has 454 valence electrons. The fourth-order valence-electron chi connectivity index (χ4n) is 13.0. The lowest BCUT2D eigenvalue weighted by Gasteiger charge is -2.45. The number of likely N-dealkylation sites (tertiary alicyclic amines) is 1. The molecule has 4 N–H and O–H groups in total. The zero-order valence-electron chi connectivity index (χ0n) is 49.3. The van der Waals surface area contributed by atoms with Gasteiger partial charge < -0.3 is 40.1 Å². The molecule has 0 unspecified atom stereocenters. The molecule has 0 spiro atoms. The van der Waals surface area contributed by atoms with Crippen molar-refractivity contribution in [1.29, 1.82) is 5.26 Å². The van der Waals surface area contributed by atoms with E-state index in [0.717, 1.165) is 91.7 Å². The number of carbonyl (C=O) groups excluding carboxylic acids is 2. The minimum absolute atomic E-state index is 0.0726. The quantitative estimate of drug-likeness (QED) is 0.0526. The summed E-state index contributed by atoms with van der Waals surface area (Å²) in [5, 5.41) is 45.8. The SMILES string of the molecule is C=CC(=O)N1CCN(c2nc(OC[C@@H]3CCCN3CCCCCCNC(=O)CN3C[C@H](CC)N(CC(=O)O)C[C@H](CC)N(CC(=O)O)C[C@H](CC)N(CC(=O)O)C[C@@H]3CC)nc3c2CCN(c2cccc4cccc(Cl)c24)C3)C[C@@H]1CC#N. The number of piperazine rings is 1. The summed E-state index contributed by atoms with van der Waals surface area (Å²) in [5.41, 5.74) is 2.96. The highest BCUT2D eigenvalue weighted by Gasteiger charge is 2.37.